The summed E-state index contributed by atoms with van der Waals surface area (Å²) in [7, 11) is 0. The van der Waals surface area contributed by atoms with Crippen LogP contribution in [0, 0.1) is 5.92 Å². The Morgan fingerprint density at radius 2 is 2.00 bits per heavy atom. The first-order chi connectivity index (χ1) is 12.1. The fraction of sp³-hybridized carbons (Fsp3) is 0.600. The van der Waals surface area contributed by atoms with Crippen LogP contribution in [0.4, 0.5) is 0 Å². The van der Waals surface area contributed by atoms with E-state index in [4.69, 9.17) is 0 Å². The number of fused-ring (bicyclic) bond motifs is 1. The summed E-state index contributed by atoms with van der Waals surface area (Å²) < 4.78 is 0. The van der Waals surface area contributed by atoms with Gasteiger partial charge >= 0.3 is 0 Å². The van der Waals surface area contributed by atoms with Crippen LogP contribution in [0.15, 0.2) is 29.3 Å². The second-order valence-electron chi connectivity index (χ2n) is 6.98. The molecule has 1 aromatic carbocycles. The van der Waals surface area contributed by atoms with Gasteiger partial charge in [0.15, 0.2) is 5.96 Å². The Bertz CT molecular complexity index is 583. The van der Waals surface area contributed by atoms with Crippen LogP contribution in [-0.2, 0) is 17.8 Å². The summed E-state index contributed by atoms with van der Waals surface area (Å²) in [5.41, 5.74) is 2.67. The number of hydrogen-bond acceptors (Lipinski definition) is 2. The van der Waals surface area contributed by atoms with Crippen LogP contribution in [0.25, 0.3) is 0 Å². The zero-order valence-corrected chi connectivity index (χ0v) is 15.8. The number of amides is 1. The summed E-state index contributed by atoms with van der Waals surface area (Å²) in [5.74, 6) is 1.63. The molecule has 5 nitrogen and oxygen atoms in total. The second kappa shape index (κ2) is 10.1. The van der Waals surface area contributed by atoms with E-state index in [0.717, 1.165) is 51.5 Å². The molecule has 0 atom stereocenters. The number of rotatable bonds is 7. The molecule has 0 fully saturated rings. The van der Waals surface area contributed by atoms with E-state index >= 15 is 0 Å². The van der Waals surface area contributed by atoms with Gasteiger partial charge in [0.1, 0.15) is 0 Å². The van der Waals surface area contributed by atoms with Crippen molar-refractivity contribution in [2.75, 3.05) is 26.2 Å². The van der Waals surface area contributed by atoms with Gasteiger partial charge in [-0.2, -0.15) is 0 Å². The molecule has 0 saturated heterocycles. The number of benzene rings is 1. The van der Waals surface area contributed by atoms with Crippen molar-refractivity contribution in [1.29, 1.82) is 0 Å². The monoisotopic (exact) mass is 344 g/mol. The predicted molar refractivity (Wildman–Crippen MR) is 104 cm³/mol. The van der Waals surface area contributed by atoms with Crippen molar-refractivity contribution in [3.8, 4) is 0 Å². The topological polar surface area (TPSA) is 56.7 Å². The normalized spacial score (nSPS) is 14.4. The summed E-state index contributed by atoms with van der Waals surface area (Å²) in [6.07, 6.45) is 2.37. The van der Waals surface area contributed by atoms with Gasteiger partial charge in [0.05, 0.1) is 0 Å². The van der Waals surface area contributed by atoms with Crippen molar-refractivity contribution in [2.45, 2.75) is 46.6 Å². The summed E-state index contributed by atoms with van der Waals surface area (Å²) in [4.78, 5) is 19.0. The van der Waals surface area contributed by atoms with Crippen LogP contribution < -0.4 is 10.6 Å². The van der Waals surface area contributed by atoms with Crippen LogP contribution in [0.2, 0.25) is 0 Å². The summed E-state index contributed by atoms with van der Waals surface area (Å²) in [6.45, 7) is 10.4. The first-order valence-corrected chi connectivity index (χ1v) is 9.47. The molecular formula is C20H32N4O. The largest absolute Gasteiger partial charge is 0.357 e. The number of carbonyl (C=O) groups is 1. The number of carbonyl (C=O) groups excluding carboxylic acids is 1. The van der Waals surface area contributed by atoms with Crippen molar-refractivity contribution in [2.24, 2.45) is 10.9 Å². The van der Waals surface area contributed by atoms with E-state index in [-0.39, 0.29) is 5.91 Å². The molecule has 138 valence electrons. The average molecular weight is 345 g/mol. The predicted octanol–water partition coefficient (Wildman–Crippen LogP) is 2.56. The highest BCUT2D eigenvalue weighted by Crippen LogP contribution is 2.19. The first-order valence-electron chi connectivity index (χ1n) is 9.47. The van der Waals surface area contributed by atoms with Crippen molar-refractivity contribution in [3.05, 3.63) is 35.4 Å². The molecule has 1 heterocycles. The minimum atomic E-state index is 0.250. The molecule has 25 heavy (non-hydrogen) atoms. The number of nitrogens with one attached hydrogen (secondary N) is 2. The Kier molecular flexibility index (Phi) is 7.76. The van der Waals surface area contributed by atoms with E-state index in [9.17, 15) is 4.79 Å². The van der Waals surface area contributed by atoms with Crippen LogP contribution in [0.1, 0.15) is 44.7 Å². The van der Waals surface area contributed by atoms with Gasteiger partial charge in [-0.05, 0) is 36.8 Å². The van der Waals surface area contributed by atoms with E-state index in [1.54, 1.807) is 0 Å². The molecule has 1 aromatic rings. The molecule has 1 aliphatic rings. The van der Waals surface area contributed by atoms with Crippen LogP contribution in [0.3, 0.4) is 0 Å². The molecule has 0 aromatic heterocycles. The smallest absolute Gasteiger partial charge is 0.222 e. The number of hydrogen-bond donors (Lipinski definition) is 2. The SMILES string of the molecule is CCNC(=NCC(C)C)NCCCC(=O)N1CCc2ccccc2C1. The molecule has 1 amide bonds. The van der Waals surface area contributed by atoms with Gasteiger partial charge in [0.2, 0.25) is 5.91 Å². The molecule has 2 rings (SSSR count). The lowest BCUT2D eigenvalue weighted by molar-refractivity contribution is -0.132. The van der Waals surface area contributed by atoms with Gasteiger partial charge in [-0.1, -0.05) is 38.1 Å². The fourth-order valence-electron chi connectivity index (χ4n) is 2.93. The molecule has 0 spiro atoms. The number of aliphatic imine (C=N–C) groups is 1. The maximum Gasteiger partial charge on any atom is 0.222 e. The summed E-state index contributed by atoms with van der Waals surface area (Å²) in [6, 6.07) is 8.42. The van der Waals surface area contributed by atoms with Gasteiger partial charge in [0.25, 0.3) is 0 Å². The Morgan fingerprint density at radius 3 is 2.72 bits per heavy atom. The zero-order chi connectivity index (χ0) is 18.1. The lowest BCUT2D eigenvalue weighted by Crippen LogP contribution is -2.39. The van der Waals surface area contributed by atoms with Gasteiger partial charge in [-0.15, -0.1) is 0 Å². The molecule has 1 aliphatic heterocycles. The van der Waals surface area contributed by atoms with E-state index in [2.05, 4.69) is 60.7 Å². The van der Waals surface area contributed by atoms with E-state index < -0.39 is 0 Å². The highest BCUT2D eigenvalue weighted by molar-refractivity contribution is 5.80. The van der Waals surface area contributed by atoms with Crippen molar-refractivity contribution >= 4 is 11.9 Å². The lowest BCUT2D eigenvalue weighted by Gasteiger charge is -2.29. The molecule has 0 unspecified atom stereocenters. The Balaban J connectivity index is 1.72. The molecule has 0 saturated carbocycles. The van der Waals surface area contributed by atoms with Crippen LogP contribution in [-0.4, -0.2) is 42.9 Å². The number of guanidine groups is 1. The summed E-state index contributed by atoms with van der Waals surface area (Å²) in [5, 5.41) is 6.56. The first kappa shape index (κ1) is 19.3. The third-order valence-corrected chi connectivity index (χ3v) is 4.30. The molecule has 0 radical (unpaired) electrons. The van der Waals surface area contributed by atoms with Crippen LogP contribution >= 0.6 is 0 Å². The van der Waals surface area contributed by atoms with Crippen molar-refractivity contribution in [3.63, 3.8) is 0 Å². The molecule has 0 aliphatic carbocycles. The highest BCUT2D eigenvalue weighted by Gasteiger charge is 2.19. The Labute approximate surface area is 151 Å². The van der Waals surface area contributed by atoms with Crippen LogP contribution in [0.5, 0.6) is 0 Å². The Hall–Kier alpha value is -2.04. The minimum Gasteiger partial charge on any atom is -0.357 e. The number of nitrogens with zero attached hydrogens (tertiary/aromatic N) is 2. The maximum absolute atomic E-state index is 12.4. The molecular weight excluding hydrogens is 312 g/mol. The zero-order valence-electron chi connectivity index (χ0n) is 15.8. The van der Waals surface area contributed by atoms with E-state index in [1.807, 2.05) is 4.90 Å². The summed E-state index contributed by atoms with van der Waals surface area (Å²) >= 11 is 0. The maximum atomic E-state index is 12.4. The third kappa shape index (κ3) is 6.40. The minimum absolute atomic E-state index is 0.250. The van der Waals surface area contributed by atoms with Gasteiger partial charge in [-0.3, -0.25) is 9.79 Å². The average Bonchev–Trinajstić information content (AvgIpc) is 2.62. The Morgan fingerprint density at radius 1 is 1.24 bits per heavy atom. The molecule has 5 heteroatoms. The van der Waals surface area contributed by atoms with Gasteiger partial charge in [-0.25, -0.2) is 0 Å². The standard InChI is InChI=1S/C20H32N4O/c1-4-21-20(23-14-16(2)3)22-12-7-10-19(25)24-13-11-17-8-5-6-9-18(17)15-24/h5-6,8-9,16H,4,7,10-15H2,1-3H3,(H2,21,22,23). The van der Waals surface area contributed by atoms with Gasteiger partial charge in [0, 0.05) is 39.1 Å². The second-order valence-corrected chi connectivity index (χ2v) is 6.98. The molecule has 2 N–H and O–H groups in total. The molecule has 0 bridgehead atoms. The van der Waals surface area contributed by atoms with Crippen molar-refractivity contribution in [1.82, 2.24) is 15.5 Å². The van der Waals surface area contributed by atoms with Gasteiger partial charge < -0.3 is 15.5 Å². The lowest BCUT2D eigenvalue weighted by atomic mass is 9.99. The van der Waals surface area contributed by atoms with E-state index in [0.29, 0.717) is 12.3 Å². The van der Waals surface area contributed by atoms with E-state index in [1.165, 1.54) is 11.1 Å². The third-order valence-electron chi connectivity index (χ3n) is 4.30. The highest BCUT2D eigenvalue weighted by atomic mass is 16.2. The van der Waals surface area contributed by atoms with Crippen molar-refractivity contribution < 1.29 is 4.79 Å². The quantitative estimate of drug-likeness (QED) is 0.454. The fourth-order valence-corrected chi connectivity index (χ4v) is 2.93.